The van der Waals surface area contributed by atoms with Gasteiger partial charge < -0.3 is 5.73 Å². The van der Waals surface area contributed by atoms with Crippen molar-refractivity contribution < 1.29 is 4.79 Å². The van der Waals surface area contributed by atoms with Crippen LogP contribution >= 0.6 is 0 Å². The molecular weight excluding hydrogens is 206 g/mol. The van der Waals surface area contributed by atoms with Gasteiger partial charge in [0.25, 0.3) is 5.91 Å². The van der Waals surface area contributed by atoms with Crippen LogP contribution in [-0.4, -0.2) is 11.9 Å². The van der Waals surface area contributed by atoms with Crippen molar-refractivity contribution in [2.24, 2.45) is 16.9 Å². The molecule has 0 heterocycles. The van der Waals surface area contributed by atoms with E-state index in [0.29, 0.717) is 5.69 Å². The first-order chi connectivity index (χ1) is 7.57. The average molecular weight is 221 g/mol. The van der Waals surface area contributed by atoms with Gasteiger partial charge in [-0.15, -0.1) is 4.91 Å². The van der Waals surface area contributed by atoms with Crippen molar-refractivity contribution in [3.05, 3.63) is 35.2 Å². The molecule has 1 atom stereocenters. The van der Waals surface area contributed by atoms with E-state index < -0.39 is 11.9 Å². The third-order valence-corrected chi connectivity index (χ3v) is 2.29. The second-order valence-corrected chi connectivity index (χ2v) is 3.84. The highest BCUT2D eigenvalue weighted by atomic mass is 16.3. The van der Waals surface area contributed by atoms with Gasteiger partial charge in [-0.25, -0.2) is 0 Å². The van der Waals surface area contributed by atoms with E-state index in [-0.39, 0.29) is 5.92 Å². The number of amides is 1. The highest BCUT2D eigenvalue weighted by Gasteiger charge is 2.25. The summed E-state index contributed by atoms with van der Waals surface area (Å²) in [6, 6.07) is 7.78. The topological polar surface area (TPSA) is 75.8 Å². The molecular formula is C11H15N3O2. The number of para-hydroxylation sites is 1. The van der Waals surface area contributed by atoms with E-state index in [1.165, 1.54) is 0 Å². The molecule has 86 valence electrons. The van der Waals surface area contributed by atoms with E-state index >= 15 is 0 Å². The Labute approximate surface area is 94.2 Å². The van der Waals surface area contributed by atoms with Crippen LogP contribution in [0.1, 0.15) is 13.8 Å². The van der Waals surface area contributed by atoms with Crippen molar-refractivity contribution in [1.82, 2.24) is 0 Å². The number of nitrogens with two attached hydrogens (primary N) is 1. The van der Waals surface area contributed by atoms with Crippen LogP contribution in [0.15, 0.2) is 35.6 Å². The molecule has 1 amide bonds. The first kappa shape index (κ1) is 12.3. The Hall–Kier alpha value is -1.75. The van der Waals surface area contributed by atoms with Crippen molar-refractivity contribution >= 4 is 11.6 Å². The fourth-order valence-electron chi connectivity index (χ4n) is 1.21. The number of nitrogens with zero attached hydrogens (tertiary/aromatic N) is 2. The van der Waals surface area contributed by atoms with Crippen LogP contribution in [0.25, 0.3) is 0 Å². The van der Waals surface area contributed by atoms with Gasteiger partial charge >= 0.3 is 0 Å². The van der Waals surface area contributed by atoms with Crippen LogP contribution in [0.4, 0.5) is 5.69 Å². The number of anilines is 1. The van der Waals surface area contributed by atoms with E-state index in [1.54, 1.807) is 30.3 Å². The van der Waals surface area contributed by atoms with E-state index in [1.807, 2.05) is 13.8 Å². The molecule has 0 aromatic heterocycles. The summed E-state index contributed by atoms with van der Waals surface area (Å²) in [5, 5.41) is 3.51. The second-order valence-electron chi connectivity index (χ2n) is 3.84. The first-order valence-electron chi connectivity index (χ1n) is 5.05. The Bertz CT molecular complexity index is 365. The van der Waals surface area contributed by atoms with Crippen LogP contribution < -0.4 is 10.7 Å². The van der Waals surface area contributed by atoms with E-state index in [9.17, 15) is 9.70 Å². The number of rotatable bonds is 4. The molecule has 1 rings (SSSR count). The molecule has 0 saturated carbocycles. The summed E-state index contributed by atoms with van der Waals surface area (Å²) in [4.78, 5) is 22.5. The number of benzene rings is 1. The van der Waals surface area contributed by atoms with E-state index in [2.05, 4.69) is 5.29 Å². The minimum atomic E-state index is -0.724. The molecule has 0 unspecified atom stereocenters. The molecule has 2 N–H and O–H groups in total. The number of carbonyl (C=O) groups is 1. The zero-order chi connectivity index (χ0) is 12.1. The van der Waals surface area contributed by atoms with Crippen molar-refractivity contribution in [1.29, 1.82) is 0 Å². The van der Waals surface area contributed by atoms with Gasteiger partial charge in [0.2, 0.25) is 0 Å². The summed E-state index contributed by atoms with van der Waals surface area (Å²) in [6.45, 7) is 3.63. The third kappa shape index (κ3) is 2.64. The lowest BCUT2D eigenvalue weighted by atomic mass is 10.0. The molecule has 16 heavy (non-hydrogen) atoms. The van der Waals surface area contributed by atoms with Gasteiger partial charge in [-0.2, -0.15) is 5.01 Å². The molecule has 5 nitrogen and oxygen atoms in total. The van der Waals surface area contributed by atoms with E-state index in [0.717, 1.165) is 5.01 Å². The zero-order valence-corrected chi connectivity index (χ0v) is 9.33. The minimum absolute atomic E-state index is 0.0412. The summed E-state index contributed by atoms with van der Waals surface area (Å²) in [7, 11) is 0. The van der Waals surface area contributed by atoms with Crippen molar-refractivity contribution in [3.63, 3.8) is 0 Å². The summed E-state index contributed by atoms with van der Waals surface area (Å²) in [5.74, 6) is -0.531. The lowest BCUT2D eigenvalue weighted by Crippen LogP contribution is -2.44. The maximum Gasteiger partial charge on any atom is 0.267 e. The van der Waals surface area contributed by atoms with Gasteiger partial charge in [-0.3, -0.25) is 4.79 Å². The molecule has 0 radical (unpaired) electrons. The third-order valence-electron chi connectivity index (χ3n) is 2.29. The minimum Gasteiger partial charge on any atom is -0.320 e. The average Bonchev–Trinajstić information content (AvgIpc) is 2.30. The van der Waals surface area contributed by atoms with Crippen LogP contribution in [0, 0.1) is 10.8 Å². The molecule has 1 aromatic carbocycles. The van der Waals surface area contributed by atoms with Crippen LogP contribution in [0.2, 0.25) is 0 Å². The Morgan fingerprint density at radius 1 is 1.31 bits per heavy atom. The van der Waals surface area contributed by atoms with Crippen LogP contribution in [-0.2, 0) is 4.79 Å². The summed E-state index contributed by atoms with van der Waals surface area (Å²) in [5.41, 5.74) is 6.11. The fourth-order valence-corrected chi connectivity index (χ4v) is 1.21. The number of carbonyl (C=O) groups excluding carboxylic acids is 1. The van der Waals surface area contributed by atoms with Crippen molar-refractivity contribution in [3.8, 4) is 0 Å². The Kier molecular flexibility index (Phi) is 4.13. The molecule has 5 heteroatoms. The second kappa shape index (κ2) is 5.37. The van der Waals surface area contributed by atoms with Gasteiger partial charge in [0.05, 0.1) is 17.0 Å². The van der Waals surface area contributed by atoms with Gasteiger partial charge in [-0.05, 0) is 18.1 Å². The Morgan fingerprint density at radius 3 is 2.31 bits per heavy atom. The van der Waals surface area contributed by atoms with Gasteiger partial charge in [0, 0.05) is 0 Å². The molecule has 0 spiro atoms. The largest absolute Gasteiger partial charge is 0.320 e. The molecule has 0 bridgehead atoms. The van der Waals surface area contributed by atoms with Crippen LogP contribution in [0.5, 0.6) is 0 Å². The smallest absolute Gasteiger partial charge is 0.267 e. The van der Waals surface area contributed by atoms with Gasteiger partial charge in [0.15, 0.2) is 0 Å². The molecule has 1 aromatic rings. The van der Waals surface area contributed by atoms with Crippen molar-refractivity contribution in [2.75, 3.05) is 5.01 Å². The van der Waals surface area contributed by atoms with Gasteiger partial charge in [-0.1, -0.05) is 32.0 Å². The maximum atomic E-state index is 11.8. The standard InChI is InChI=1S/C11H15N3O2/c1-8(2)10(12)11(15)14(13-16)9-6-4-3-5-7-9/h3-8,10H,12H2,1-2H3/t10-/m0/s1. The molecule has 0 fully saturated rings. The molecule has 0 aliphatic carbocycles. The maximum absolute atomic E-state index is 11.8. The highest BCUT2D eigenvalue weighted by Crippen LogP contribution is 2.16. The summed E-state index contributed by atoms with van der Waals surface area (Å²) >= 11 is 0. The lowest BCUT2D eigenvalue weighted by molar-refractivity contribution is -0.120. The van der Waals surface area contributed by atoms with Crippen LogP contribution in [0.3, 0.4) is 0 Å². The highest BCUT2D eigenvalue weighted by molar-refractivity contribution is 5.96. The van der Waals surface area contributed by atoms with Gasteiger partial charge in [0.1, 0.15) is 0 Å². The molecule has 0 saturated heterocycles. The Morgan fingerprint density at radius 2 is 1.88 bits per heavy atom. The van der Waals surface area contributed by atoms with Crippen molar-refractivity contribution in [2.45, 2.75) is 19.9 Å². The first-order valence-corrected chi connectivity index (χ1v) is 5.05. The lowest BCUT2D eigenvalue weighted by Gasteiger charge is -2.20. The fraction of sp³-hybridized carbons (Fsp3) is 0.364. The normalized spacial score (nSPS) is 12.2. The monoisotopic (exact) mass is 221 g/mol. The molecule has 0 aliphatic heterocycles. The van der Waals surface area contributed by atoms with E-state index in [4.69, 9.17) is 5.73 Å². The number of hydrogen-bond acceptors (Lipinski definition) is 4. The number of hydrogen-bond donors (Lipinski definition) is 1. The Balaban J connectivity index is 2.92. The quantitative estimate of drug-likeness (QED) is 0.620. The SMILES string of the molecule is CC(C)[C@H](N)C(=O)N(N=O)c1ccccc1. The number of nitroso groups, excluding NO2 is 1. The predicted octanol–water partition coefficient (Wildman–Crippen LogP) is 1.68. The molecule has 0 aliphatic rings. The summed E-state index contributed by atoms with van der Waals surface area (Å²) in [6.07, 6.45) is 0. The predicted molar refractivity (Wildman–Crippen MR) is 62.5 cm³/mol. The summed E-state index contributed by atoms with van der Waals surface area (Å²) < 4.78 is 0. The zero-order valence-electron chi connectivity index (χ0n) is 9.33.